The third-order valence-electron chi connectivity index (χ3n) is 4.27. The fourth-order valence-corrected chi connectivity index (χ4v) is 3.33. The summed E-state index contributed by atoms with van der Waals surface area (Å²) in [5.41, 5.74) is 2.76. The Kier molecular flexibility index (Phi) is 4.86. The van der Waals surface area contributed by atoms with E-state index in [1.807, 2.05) is 49.4 Å². The molecule has 1 atom stereocenters. The van der Waals surface area contributed by atoms with Crippen LogP contribution in [-0.2, 0) is 22.6 Å². The Bertz CT molecular complexity index is 775. The van der Waals surface area contributed by atoms with E-state index in [-0.39, 0.29) is 11.8 Å². The molecule has 1 N–H and O–H groups in total. The van der Waals surface area contributed by atoms with Crippen molar-refractivity contribution in [2.75, 3.05) is 6.54 Å². The van der Waals surface area contributed by atoms with Gasteiger partial charge in [0.05, 0.1) is 6.42 Å². The third-order valence-corrected chi connectivity index (χ3v) is 4.50. The number of amides is 2. The summed E-state index contributed by atoms with van der Waals surface area (Å²) in [7, 11) is 0. The van der Waals surface area contributed by atoms with Gasteiger partial charge in [0.2, 0.25) is 11.8 Å². The molecule has 0 saturated carbocycles. The second-order valence-corrected chi connectivity index (χ2v) is 6.24. The van der Waals surface area contributed by atoms with Gasteiger partial charge in [-0.2, -0.15) is 0 Å². The number of carbonyl (C=O) groups is 2. The number of benzene rings is 2. The van der Waals surface area contributed by atoms with E-state index < -0.39 is 6.04 Å². The molecule has 2 aromatic carbocycles. The Balaban J connectivity index is 1.82. The minimum atomic E-state index is -0.577. The first kappa shape index (κ1) is 16.5. The molecule has 0 aliphatic carbocycles. The Labute approximate surface area is 146 Å². The van der Waals surface area contributed by atoms with Gasteiger partial charge in [0.25, 0.3) is 0 Å². The Morgan fingerprint density at radius 3 is 2.79 bits per heavy atom. The average molecular weight is 343 g/mol. The van der Waals surface area contributed by atoms with Crippen molar-refractivity contribution in [3.05, 3.63) is 70.2 Å². The normalized spacial score (nSPS) is 16.7. The maximum atomic E-state index is 12.8. The number of halogens is 1. The molecule has 3 rings (SSSR count). The van der Waals surface area contributed by atoms with Gasteiger partial charge in [-0.15, -0.1) is 0 Å². The number of carbonyl (C=O) groups excluding carboxylic acids is 2. The third kappa shape index (κ3) is 3.29. The van der Waals surface area contributed by atoms with Crippen molar-refractivity contribution in [3.63, 3.8) is 0 Å². The highest BCUT2D eigenvalue weighted by molar-refractivity contribution is 6.30. The Morgan fingerprint density at radius 1 is 1.25 bits per heavy atom. The molecule has 0 saturated heterocycles. The lowest BCUT2D eigenvalue weighted by Gasteiger charge is -2.35. The molecule has 0 bridgehead atoms. The van der Waals surface area contributed by atoms with Crippen molar-refractivity contribution in [1.29, 1.82) is 0 Å². The van der Waals surface area contributed by atoms with Crippen molar-refractivity contribution in [2.24, 2.45) is 0 Å². The fourth-order valence-electron chi connectivity index (χ4n) is 3.11. The van der Waals surface area contributed by atoms with Gasteiger partial charge in [0.15, 0.2) is 0 Å². The molecule has 1 aliphatic rings. The number of likely N-dealkylation sites (N-methyl/N-ethyl adjacent to an activating group) is 1. The smallest absolute Gasteiger partial charge is 0.247 e. The first-order chi connectivity index (χ1) is 11.6. The van der Waals surface area contributed by atoms with E-state index in [0.29, 0.717) is 24.5 Å². The maximum absolute atomic E-state index is 12.8. The van der Waals surface area contributed by atoms with Gasteiger partial charge in [-0.25, -0.2) is 0 Å². The summed E-state index contributed by atoms with van der Waals surface area (Å²) in [6, 6.07) is 14.4. The quantitative estimate of drug-likeness (QED) is 0.928. The van der Waals surface area contributed by atoms with Crippen LogP contribution in [-0.4, -0.2) is 23.3 Å². The van der Waals surface area contributed by atoms with Crippen LogP contribution >= 0.6 is 11.6 Å². The SMILES string of the molecule is CCN1C(=O)Cc2ccccc2[C@@H]1C(=O)NCc1cccc(Cl)c1. The summed E-state index contributed by atoms with van der Waals surface area (Å²) in [6.45, 7) is 2.77. The zero-order valence-corrected chi connectivity index (χ0v) is 14.2. The van der Waals surface area contributed by atoms with Crippen LogP contribution in [0.2, 0.25) is 5.02 Å². The summed E-state index contributed by atoms with van der Waals surface area (Å²) in [5, 5.41) is 3.56. The van der Waals surface area contributed by atoms with Gasteiger partial charge in [0.1, 0.15) is 6.04 Å². The lowest BCUT2D eigenvalue weighted by atomic mass is 9.91. The molecule has 0 fully saturated rings. The van der Waals surface area contributed by atoms with Crippen molar-refractivity contribution in [1.82, 2.24) is 10.2 Å². The van der Waals surface area contributed by atoms with Crippen LogP contribution in [0.15, 0.2) is 48.5 Å². The largest absolute Gasteiger partial charge is 0.350 e. The monoisotopic (exact) mass is 342 g/mol. The summed E-state index contributed by atoms with van der Waals surface area (Å²) in [6.07, 6.45) is 0.349. The molecule has 2 amide bonds. The highest BCUT2D eigenvalue weighted by Gasteiger charge is 2.35. The van der Waals surface area contributed by atoms with E-state index in [0.717, 1.165) is 16.7 Å². The van der Waals surface area contributed by atoms with Crippen LogP contribution in [0.4, 0.5) is 0 Å². The molecule has 5 heteroatoms. The molecule has 0 spiro atoms. The van der Waals surface area contributed by atoms with Gasteiger partial charge in [-0.05, 0) is 35.7 Å². The van der Waals surface area contributed by atoms with Gasteiger partial charge < -0.3 is 10.2 Å². The molecule has 24 heavy (non-hydrogen) atoms. The molecular formula is C19H19ClN2O2. The van der Waals surface area contributed by atoms with E-state index in [1.165, 1.54) is 0 Å². The molecule has 124 valence electrons. The topological polar surface area (TPSA) is 49.4 Å². The molecule has 4 nitrogen and oxygen atoms in total. The minimum Gasteiger partial charge on any atom is -0.350 e. The summed E-state index contributed by atoms with van der Waals surface area (Å²) < 4.78 is 0. The van der Waals surface area contributed by atoms with Gasteiger partial charge in [-0.1, -0.05) is 48.0 Å². The number of hydrogen-bond acceptors (Lipinski definition) is 2. The van der Waals surface area contributed by atoms with E-state index >= 15 is 0 Å². The zero-order valence-electron chi connectivity index (χ0n) is 13.5. The van der Waals surface area contributed by atoms with Crippen molar-refractivity contribution < 1.29 is 9.59 Å². The van der Waals surface area contributed by atoms with E-state index in [2.05, 4.69) is 5.32 Å². The highest BCUT2D eigenvalue weighted by atomic mass is 35.5. The van der Waals surface area contributed by atoms with Crippen LogP contribution in [0.25, 0.3) is 0 Å². The average Bonchev–Trinajstić information content (AvgIpc) is 2.58. The van der Waals surface area contributed by atoms with E-state index in [4.69, 9.17) is 11.6 Å². The predicted octanol–water partition coefficient (Wildman–Crippen LogP) is 3.10. The Hall–Kier alpha value is -2.33. The Morgan fingerprint density at radius 2 is 2.04 bits per heavy atom. The second-order valence-electron chi connectivity index (χ2n) is 5.81. The standard InChI is InChI=1S/C19H19ClN2O2/c1-2-22-17(23)11-14-7-3-4-9-16(14)18(22)19(24)21-12-13-6-5-8-15(20)10-13/h3-10,18H,2,11-12H2,1H3,(H,21,24)/t18-/m1/s1. The molecule has 0 unspecified atom stereocenters. The molecule has 2 aromatic rings. The van der Waals surface area contributed by atoms with Crippen molar-refractivity contribution in [2.45, 2.75) is 25.9 Å². The van der Waals surface area contributed by atoms with Crippen LogP contribution < -0.4 is 5.32 Å². The fraction of sp³-hybridized carbons (Fsp3) is 0.263. The lowest BCUT2D eigenvalue weighted by molar-refractivity contribution is -0.141. The predicted molar refractivity (Wildman–Crippen MR) is 93.6 cm³/mol. The first-order valence-electron chi connectivity index (χ1n) is 7.99. The number of nitrogens with zero attached hydrogens (tertiary/aromatic N) is 1. The van der Waals surface area contributed by atoms with E-state index in [1.54, 1.807) is 11.0 Å². The second kappa shape index (κ2) is 7.05. The molecule has 1 aliphatic heterocycles. The minimum absolute atomic E-state index is 0.0147. The van der Waals surface area contributed by atoms with Gasteiger partial charge in [0, 0.05) is 18.1 Å². The van der Waals surface area contributed by atoms with Crippen LogP contribution in [0.1, 0.15) is 29.7 Å². The summed E-state index contributed by atoms with van der Waals surface area (Å²) in [4.78, 5) is 26.8. The van der Waals surface area contributed by atoms with Crippen LogP contribution in [0.3, 0.4) is 0 Å². The van der Waals surface area contributed by atoms with Gasteiger partial charge in [-0.3, -0.25) is 9.59 Å². The lowest BCUT2D eigenvalue weighted by Crippen LogP contribution is -2.47. The van der Waals surface area contributed by atoms with Crippen LogP contribution in [0.5, 0.6) is 0 Å². The van der Waals surface area contributed by atoms with Crippen molar-refractivity contribution >= 4 is 23.4 Å². The summed E-state index contributed by atoms with van der Waals surface area (Å²) in [5.74, 6) is -0.184. The first-order valence-corrected chi connectivity index (χ1v) is 8.37. The highest BCUT2D eigenvalue weighted by Crippen LogP contribution is 2.30. The van der Waals surface area contributed by atoms with E-state index in [9.17, 15) is 9.59 Å². The number of nitrogens with one attached hydrogen (secondary N) is 1. The molecular weight excluding hydrogens is 324 g/mol. The van der Waals surface area contributed by atoms with Crippen molar-refractivity contribution in [3.8, 4) is 0 Å². The van der Waals surface area contributed by atoms with Crippen LogP contribution in [0, 0.1) is 0 Å². The van der Waals surface area contributed by atoms with Gasteiger partial charge >= 0.3 is 0 Å². The summed E-state index contributed by atoms with van der Waals surface area (Å²) >= 11 is 5.97. The molecule has 0 aromatic heterocycles. The number of hydrogen-bond donors (Lipinski definition) is 1. The maximum Gasteiger partial charge on any atom is 0.247 e. The number of fused-ring (bicyclic) bond motifs is 1. The number of rotatable bonds is 4. The molecule has 0 radical (unpaired) electrons. The molecule has 1 heterocycles. The zero-order chi connectivity index (χ0) is 17.1.